The van der Waals surface area contributed by atoms with Crippen LogP contribution in [0.3, 0.4) is 0 Å². The smallest absolute Gasteiger partial charge is 0.322 e. The molecule has 1 aliphatic heterocycles. The van der Waals surface area contributed by atoms with E-state index < -0.39 is 10.8 Å². The second kappa shape index (κ2) is 8.09. The van der Waals surface area contributed by atoms with E-state index in [0.717, 1.165) is 0 Å². The van der Waals surface area contributed by atoms with Gasteiger partial charge in [0.25, 0.3) is 0 Å². The van der Waals surface area contributed by atoms with Gasteiger partial charge in [0, 0.05) is 23.7 Å². The van der Waals surface area contributed by atoms with E-state index in [2.05, 4.69) is 98.8 Å². The third kappa shape index (κ3) is 2.40. The molecule has 6 aliphatic carbocycles. The normalized spacial score (nSPS) is 30.6. The van der Waals surface area contributed by atoms with E-state index in [9.17, 15) is 9.59 Å². The molecule has 3 nitrogen and oxygen atoms in total. The number of carbonyl (C=O) groups excluding carboxylic acids is 2. The lowest BCUT2D eigenvalue weighted by molar-refractivity contribution is -0.156. The standard InChI is InChI=1S/C34H24O3.CH2Cl2/c1-17-15-16-18(2)26-25(17)29-23-13-7-8-14-24(23)30(26)34-28-21-11-5-3-9-19(21)27(20-10-4-6-12-22(20)28)33(29,34)31(35)37-32(34)36;2-1-3/h3-16,27-30H,1-2H3;1H2/t27?,28?,29-,30+,33-,34+;. The zero-order valence-electron chi connectivity index (χ0n) is 22.1. The van der Waals surface area contributed by atoms with Gasteiger partial charge >= 0.3 is 11.9 Å². The van der Waals surface area contributed by atoms with E-state index in [0.29, 0.717) is 0 Å². The first kappa shape index (κ1) is 24.4. The van der Waals surface area contributed by atoms with Crippen molar-refractivity contribution in [3.05, 3.63) is 141 Å². The maximum Gasteiger partial charge on any atom is 0.322 e. The van der Waals surface area contributed by atoms with Gasteiger partial charge in [0.15, 0.2) is 0 Å². The fraction of sp³-hybridized carbons (Fsp3) is 0.257. The summed E-state index contributed by atoms with van der Waals surface area (Å²) >= 11 is 9.53. The van der Waals surface area contributed by atoms with Crippen molar-refractivity contribution in [2.24, 2.45) is 10.8 Å². The average molecular weight is 565 g/mol. The van der Waals surface area contributed by atoms with E-state index in [1.807, 2.05) is 0 Å². The van der Waals surface area contributed by atoms with Gasteiger partial charge in [-0.3, -0.25) is 9.59 Å². The molecule has 4 atom stereocenters. The van der Waals surface area contributed by atoms with Gasteiger partial charge in [-0.1, -0.05) is 84.9 Å². The summed E-state index contributed by atoms with van der Waals surface area (Å²) < 4.78 is 5.93. The Labute approximate surface area is 243 Å². The van der Waals surface area contributed by atoms with Crippen LogP contribution in [0.4, 0.5) is 0 Å². The Hall–Kier alpha value is -3.40. The first-order valence-electron chi connectivity index (χ1n) is 13.7. The summed E-state index contributed by atoms with van der Waals surface area (Å²) in [5.41, 5.74) is 9.82. The molecule has 5 heteroatoms. The molecule has 1 saturated heterocycles. The lowest BCUT2D eigenvalue weighted by atomic mass is 9.29. The molecule has 7 aliphatic rings. The van der Waals surface area contributed by atoms with Crippen molar-refractivity contribution in [3.63, 3.8) is 0 Å². The molecule has 4 aromatic rings. The van der Waals surface area contributed by atoms with E-state index in [1.54, 1.807) is 0 Å². The Balaban J connectivity index is 0.000000786. The minimum Gasteiger partial charge on any atom is -0.392 e. The van der Waals surface area contributed by atoms with Crippen molar-refractivity contribution >= 4 is 35.1 Å². The second-order valence-electron chi connectivity index (χ2n) is 11.7. The third-order valence-electron chi connectivity index (χ3n) is 10.5. The van der Waals surface area contributed by atoms with Crippen LogP contribution in [0.15, 0.2) is 84.9 Å². The molecule has 0 spiro atoms. The molecule has 4 aromatic carbocycles. The Morgan fingerprint density at radius 1 is 0.550 bits per heavy atom. The number of ether oxygens (including phenoxy) is 1. The zero-order chi connectivity index (χ0) is 27.6. The number of benzene rings is 4. The molecule has 40 heavy (non-hydrogen) atoms. The number of aryl methyl sites for hydroxylation is 2. The molecular formula is C35H26Cl2O3. The minimum atomic E-state index is -1.03. The molecule has 11 rings (SSSR count). The number of halogens is 2. The predicted molar refractivity (Wildman–Crippen MR) is 155 cm³/mol. The number of esters is 2. The molecule has 4 bridgehead atoms. The maximum atomic E-state index is 14.5. The molecule has 1 fully saturated rings. The highest BCUT2D eigenvalue weighted by Gasteiger charge is 2.87. The van der Waals surface area contributed by atoms with E-state index >= 15 is 0 Å². The summed E-state index contributed by atoms with van der Waals surface area (Å²) in [7, 11) is 0. The van der Waals surface area contributed by atoms with Crippen molar-refractivity contribution in [3.8, 4) is 0 Å². The number of carbonyl (C=O) groups is 2. The van der Waals surface area contributed by atoms with Crippen molar-refractivity contribution in [1.29, 1.82) is 0 Å². The van der Waals surface area contributed by atoms with Crippen LogP contribution in [-0.2, 0) is 14.3 Å². The molecule has 0 aromatic heterocycles. The highest BCUT2D eigenvalue weighted by Crippen LogP contribution is 2.85. The summed E-state index contributed by atoms with van der Waals surface area (Å²) in [5, 5.41) is 0.194. The quantitative estimate of drug-likeness (QED) is 0.125. The van der Waals surface area contributed by atoms with Crippen molar-refractivity contribution in [2.45, 2.75) is 37.5 Å². The van der Waals surface area contributed by atoms with Crippen molar-refractivity contribution in [2.75, 3.05) is 5.34 Å². The van der Waals surface area contributed by atoms with Crippen LogP contribution in [0.1, 0.15) is 79.3 Å². The minimum absolute atomic E-state index is 0.194. The SMILES string of the molecule is Cc1ccc(C)c2c1[C@@H]1c3ccccc3[C@H]2[C@]23C(=O)OC(=O)[C@]12C1c2ccccc2C3c2ccccc21.ClCCl. The Bertz CT molecular complexity index is 1620. The van der Waals surface area contributed by atoms with Gasteiger partial charge in [0.1, 0.15) is 10.8 Å². The summed E-state index contributed by atoms with van der Waals surface area (Å²) in [5.74, 6) is -1.69. The van der Waals surface area contributed by atoms with Gasteiger partial charge in [-0.05, 0) is 69.5 Å². The third-order valence-corrected chi connectivity index (χ3v) is 10.5. The van der Waals surface area contributed by atoms with Gasteiger partial charge in [-0.15, -0.1) is 23.2 Å². The van der Waals surface area contributed by atoms with E-state index in [4.69, 9.17) is 27.9 Å². The second-order valence-corrected chi connectivity index (χ2v) is 12.5. The molecule has 1 heterocycles. The summed E-state index contributed by atoms with van der Waals surface area (Å²) in [6, 6.07) is 29.9. The highest BCUT2D eigenvalue weighted by atomic mass is 35.5. The Kier molecular flexibility index (Phi) is 4.93. The molecule has 0 radical (unpaired) electrons. The van der Waals surface area contributed by atoms with Gasteiger partial charge in [0.2, 0.25) is 0 Å². The fourth-order valence-electron chi connectivity index (χ4n) is 9.65. The van der Waals surface area contributed by atoms with E-state index in [1.165, 1.54) is 55.6 Å². The molecule has 0 saturated carbocycles. The van der Waals surface area contributed by atoms with Crippen molar-refractivity contribution in [1.82, 2.24) is 0 Å². The molecule has 0 amide bonds. The van der Waals surface area contributed by atoms with Crippen molar-refractivity contribution < 1.29 is 14.3 Å². The van der Waals surface area contributed by atoms with Crippen LogP contribution < -0.4 is 0 Å². The van der Waals surface area contributed by atoms with Crippen LogP contribution in [0.2, 0.25) is 0 Å². The largest absolute Gasteiger partial charge is 0.392 e. The van der Waals surface area contributed by atoms with E-state index in [-0.39, 0.29) is 40.9 Å². The van der Waals surface area contributed by atoms with Gasteiger partial charge < -0.3 is 4.74 Å². The molecular weight excluding hydrogens is 539 g/mol. The lowest BCUT2D eigenvalue weighted by Gasteiger charge is -2.68. The van der Waals surface area contributed by atoms with Crippen LogP contribution >= 0.6 is 23.2 Å². The first-order chi connectivity index (χ1) is 19.5. The number of hydrogen-bond donors (Lipinski definition) is 0. The molecule has 0 unspecified atom stereocenters. The van der Waals surface area contributed by atoms with Crippen LogP contribution in [-0.4, -0.2) is 17.3 Å². The van der Waals surface area contributed by atoms with Gasteiger partial charge in [-0.2, -0.15) is 0 Å². The Morgan fingerprint density at radius 2 is 0.825 bits per heavy atom. The number of cyclic esters (lactones) is 2. The number of alkyl halides is 2. The highest BCUT2D eigenvalue weighted by molar-refractivity contribution is 6.40. The number of hydrogen-bond acceptors (Lipinski definition) is 3. The molecule has 198 valence electrons. The van der Waals surface area contributed by atoms with Crippen LogP contribution in [0, 0.1) is 24.7 Å². The average Bonchev–Trinajstić information content (AvgIpc) is 3.23. The fourth-order valence-corrected chi connectivity index (χ4v) is 9.65. The monoisotopic (exact) mass is 564 g/mol. The predicted octanol–water partition coefficient (Wildman–Crippen LogP) is 7.66. The first-order valence-corrected chi connectivity index (χ1v) is 14.8. The van der Waals surface area contributed by atoms with Gasteiger partial charge in [0.05, 0.1) is 5.34 Å². The summed E-state index contributed by atoms with van der Waals surface area (Å²) in [6.45, 7) is 4.32. The summed E-state index contributed by atoms with van der Waals surface area (Å²) in [6.07, 6.45) is 0. The topological polar surface area (TPSA) is 43.4 Å². The maximum absolute atomic E-state index is 14.5. The molecule has 0 N–H and O–H groups in total. The van der Waals surface area contributed by atoms with Crippen LogP contribution in [0.5, 0.6) is 0 Å². The van der Waals surface area contributed by atoms with Gasteiger partial charge in [-0.25, -0.2) is 0 Å². The van der Waals surface area contributed by atoms with Crippen LogP contribution in [0.25, 0.3) is 0 Å². The number of rotatable bonds is 0. The Morgan fingerprint density at radius 3 is 1.12 bits per heavy atom. The lowest BCUT2D eigenvalue weighted by Crippen LogP contribution is -2.68. The zero-order valence-corrected chi connectivity index (χ0v) is 23.6. The summed E-state index contributed by atoms with van der Waals surface area (Å²) in [4.78, 5) is 29.1.